The quantitative estimate of drug-likeness (QED) is 0.545. The Morgan fingerprint density at radius 2 is 2.38 bits per heavy atom. The van der Waals surface area contributed by atoms with Crippen LogP contribution in [0.3, 0.4) is 0 Å². The van der Waals surface area contributed by atoms with Gasteiger partial charge in [0.2, 0.25) is 5.16 Å². The second kappa shape index (κ2) is 2.34. The van der Waals surface area contributed by atoms with E-state index < -0.39 is 0 Å². The third-order valence-electron chi connectivity index (χ3n) is 0.770. The Hall–Kier alpha value is -0.260. The molecule has 0 aliphatic rings. The summed E-state index contributed by atoms with van der Waals surface area (Å²) in [5.74, 6) is 1.81. The minimum absolute atomic E-state index is 0.0363. The summed E-state index contributed by atoms with van der Waals surface area (Å²) >= 11 is 5.43. The van der Waals surface area contributed by atoms with E-state index in [-0.39, 0.29) is 13.4 Å². The van der Waals surface area contributed by atoms with Crippen LogP contribution < -0.4 is 5.16 Å². The van der Waals surface area contributed by atoms with Crippen molar-refractivity contribution < 1.29 is 0 Å². The van der Waals surface area contributed by atoms with Gasteiger partial charge in [0, 0.05) is 0 Å². The Balaban J connectivity index is 3.35. The Morgan fingerprint density at radius 1 is 1.62 bits per heavy atom. The third kappa shape index (κ3) is 1.12. The van der Waals surface area contributed by atoms with Crippen LogP contribution in [0, 0.1) is 0 Å². The first-order valence-corrected chi connectivity index (χ1v) is 3.59. The zero-order valence-corrected chi connectivity index (χ0v) is 5.77. The van der Waals surface area contributed by atoms with E-state index in [2.05, 4.69) is 0 Å². The molecule has 3 heteroatoms. The molecule has 0 fully saturated rings. The average Bonchev–Trinajstić information content (AvgIpc) is 1.77. The van der Waals surface area contributed by atoms with Crippen molar-refractivity contribution in [3.8, 4) is 0 Å². The largest absolute Gasteiger partial charge is 0.284 e. The van der Waals surface area contributed by atoms with E-state index in [4.69, 9.17) is 11.6 Å². The highest BCUT2D eigenvalue weighted by Gasteiger charge is 1.86. The van der Waals surface area contributed by atoms with Gasteiger partial charge in [0.1, 0.15) is 0 Å². The first-order chi connectivity index (χ1) is 3.80. The van der Waals surface area contributed by atoms with Crippen molar-refractivity contribution in [3.63, 3.8) is 0 Å². The van der Waals surface area contributed by atoms with Crippen molar-refractivity contribution >= 4 is 19.8 Å². The van der Waals surface area contributed by atoms with Crippen LogP contribution in [-0.4, -0.2) is 0 Å². The van der Waals surface area contributed by atoms with Gasteiger partial charge < -0.3 is 0 Å². The van der Waals surface area contributed by atoms with E-state index in [0.29, 0.717) is 5.02 Å². The Kier molecular flexibility index (Phi) is 1.72. The molecule has 1 aromatic rings. The van der Waals surface area contributed by atoms with Crippen LogP contribution in [0.5, 0.6) is 0 Å². The van der Waals surface area contributed by atoms with Gasteiger partial charge in [-0.25, -0.2) is 0 Å². The molecule has 0 radical (unpaired) electrons. The molecule has 1 nitrogen and oxygen atoms in total. The molecule has 1 unspecified atom stereocenters. The fourth-order valence-electron chi connectivity index (χ4n) is 0.401. The van der Waals surface area contributed by atoms with Crippen LogP contribution in [0.4, 0.5) is 0 Å². The van der Waals surface area contributed by atoms with E-state index in [9.17, 15) is 4.79 Å². The van der Waals surface area contributed by atoms with E-state index in [1.165, 1.54) is 0 Å². The lowest BCUT2D eigenvalue weighted by atomic mass is 10.6. The molecular formula is C5H4ClOP. The van der Waals surface area contributed by atoms with Crippen molar-refractivity contribution in [1.82, 2.24) is 0 Å². The highest BCUT2D eigenvalue weighted by Crippen LogP contribution is 2.03. The van der Waals surface area contributed by atoms with E-state index >= 15 is 0 Å². The maximum Gasteiger partial charge on any atom is 0.211 e. The Morgan fingerprint density at radius 3 is 2.75 bits per heavy atom. The fourth-order valence-corrected chi connectivity index (χ4v) is 1.20. The molecule has 0 amide bonds. The third-order valence-corrected chi connectivity index (χ3v) is 2.12. The molecule has 42 valence electrons. The normalized spacial score (nSPS) is 10.1. The molecule has 1 aromatic heterocycles. The monoisotopic (exact) mass is 146 g/mol. The van der Waals surface area contributed by atoms with Gasteiger partial charge in [-0.15, -0.1) is 0 Å². The number of halogens is 1. The first kappa shape index (κ1) is 5.87. The lowest BCUT2D eigenvalue weighted by Crippen LogP contribution is -1.88. The zero-order chi connectivity index (χ0) is 5.98. The molecule has 0 aliphatic heterocycles. The van der Waals surface area contributed by atoms with Crippen molar-refractivity contribution in [2.24, 2.45) is 0 Å². The summed E-state index contributed by atoms with van der Waals surface area (Å²) < 4.78 is 0. The van der Waals surface area contributed by atoms with E-state index in [1.807, 2.05) is 5.80 Å². The highest BCUT2D eigenvalue weighted by molar-refractivity contribution is 7.28. The first-order valence-electron chi connectivity index (χ1n) is 2.14. The van der Waals surface area contributed by atoms with Crippen LogP contribution in [0.25, 0.3) is 0 Å². The summed E-state index contributed by atoms with van der Waals surface area (Å²) in [6.07, 6.45) is 0. The standard InChI is InChI=1S/C5H4ClOP/c6-4-2-1-3-8-5(4)7/h1-3,8H. The molecule has 1 rings (SSSR count). The van der Waals surface area contributed by atoms with Gasteiger partial charge in [-0.2, -0.15) is 0 Å². The summed E-state index contributed by atoms with van der Waals surface area (Å²) in [7, 11) is 0.236. The molecular weight excluding hydrogens is 142 g/mol. The maximum atomic E-state index is 10.6. The topological polar surface area (TPSA) is 17.1 Å². The average molecular weight is 147 g/mol. The van der Waals surface area contributed by atoms with Crippen molar-refractivity contribution in [2.75, 3.05) is 0 Å². The van der Waals surface area contributed by atoms with Crippen molar-refractivity contribution in [1.29, 1.82) is 0 Å². The van der Waals surface area contributed by atoms with Gasteiger partial charge in [-0.05, 0) is 11.9 Å². The van der Waals surface area contributed by atoms with E-state index in [1.54, 1.807) is 12.1 Å². The summed E-state index contributed by atoms with van der Waals surface area (Å²) in [5.41, 5.74) is 0. The van der Waals surface area contributed by atoms with Gasteiger partial charge in [-0.3, -0.25) is 4.79 Å². The highest BCUT2D eigenvalue weighted by atomic mass is 35.5. The Bertz CT molecular complexity index is 230. The van der Waals surface area contributed by atoms with Crippen LogP contribution in [0.2, 0.25) is 5.02 Å². The number of hydrogen-bond acceptors (Lipinski definition) is 1. The zero-order valence-electron chi connectivity index (χ0n) is 4.02. The smallest absolute Gasteiger partial charge is 0.211 e. The molecule has 0 bridgehead atoms. The minimum Gasteiger partial charge on any atom is -0.284 e. The van der Waals surface area contributed by atoms with Crippen LogP contribution in [0.1, 0.15) is 0 Å². The molecule has 1 heterocycles. The predicted octanol–water partition coefficient (Wildman–Crippen LogP) is 1.73. The van der Waals surface area contributed by atoms with E-state index in [0.717, 1.165) is 0 Å². The van der Waals surface area contributed by atoms with Crippen molar-refractivity contribution in [3.05, 3.63) is 32.9 Å². The van der Waals surface area contributed by atoms with Gasteiger partial charge in [0.25, 0.3) is 0 Å². The fraction of sp³-hybridized carbons (Fsp3) is 0. The molecule has 0 N–H and O–H groups in total. The van der Waals surface area contributed by atoms with Gasteiger partial charge in [-0.1, -0.05) is 25.9 Å². The summed E-state index contributed by atoms with van der Waals surface area (Å²) in [5, 5.41) is 0.389. The number of rotatable bonds is 0. The molecule has 0 saturated heterocycles. The summed E-state index contributed by atoms with van der Waals surface area (Å²) in [4.78, 5) is 10.6. The lowest BCUT2D eigenvalue weighted by Gasteiger charge is -1.79. The molecule has 1 atom stereocenters. The van der Waals surface area contributed by atoms with Crippen LogP contribution in [-0.2, 0) is 0 Å². The molecule has 8 heavy (non-hydrogen) atoms. The predicted molar refractivity (Wildman–Crippen MR) is 37.2 cm³/mol. The molecule has 0 aromatic carbocycles. The van der Waals surface area contributed by atoms with Gasteiger partial charge >= 0.3 is 0 Å². The minimum atomic E-state index is 0.0363. The lowest BCUT2D eigenvalue weighted by molar-refractivity contribution is 1.77. The molecule has 0 spiro atoms. The van der Waals surface area contributed by atoms with Crippen LogP contribution in [0.15, 0.2) is 22.7 Å². The SMILES string of the molecule is O=c1[pH]cccc1Cl. The van der Waals surface area contributed by atoms with Crippen molar-refractivity contribution in [2.45, 2.75) is 0 Å². The summed E-state index contributed by atoms with van der Waals surface area (Å²) in [6, 6.07) is 3.41. The number of hydrogen-bond donors (Lipinski definition) is 0. The molecule has 0 aliphatic carbocycles. The van der Waals surface area contributed by atoms with Crippen LogP contribution >= 0.6 is 19.8 Å². The van der Waals surface area contributed by atoms with Gasteiger partial charge in [0.15, 0.2) is 0 Å². The second-order valence-electron chi connectivity index (χ2n) is 1.35. The molecule has 0 saturated carbocycles. The summed E-state index contributed by atoms with van der Waals surface area (Å²) in [6.45, 7) is 0. The second-order valence-corrected chi connectivity index (χ2v) is 2.83. The van der Waals surface area contributed by atoms with Gasteiger partial charge in [0.05, 0.1) is 5.02 Å². The maximum absolute atomic E-state index is 10.6. The Labute approximate surface area is 53.4 Å².